The maximum atomic E-state index is 12.0. The predicted molar refractivity (Wildman–Crippen MR) is 80.9 cm³/mol. The molecule has 1 amide bonds. The SMILES string of the molecule is Cc1nn(C)c(C)c1CCC(=O)Nc1ccsc1C(=O)O. The van der Waals surface area contributed by atoms with Gasteiger partial charge < -0.3 is 10.4 Å². The number of amides is 1. The van der Waals surface area contributed by atoms with Crippen LogP contribution in [0, 0.1) is 13.8 Å². The van der Waals surface area contributed by atoms with Gasteiger partial charge in [0.15, 0.2) is 0 Å². The molecule has 0 radical (unpaired) electrons. The molecule has 0 aliphatic heterocycles. The Kier molecular flexibility index (Phi) is 4.42. The fourth-order valence-electron chi connectivity index (χ4n) is 2.20. The van der Waals surface area contributed by atoms with Crippen LogP contribution in [0.2, 0.25) is 0 Å². The van der Waals surface area contributed by atoms with Crippen molar-refractivity contribution in [2.75, 3.05) is 5.32 Å². The minimum Gasteiger partial charge on any atom is -0.477 e. The summed E-state index contributed by atoms with van der Waals surface area (Å²) < 4.78 is 1.80. The summed E-state index contributed by atoms with van der Waals surface area (Å²) in [5.74, 6) is -1.22. The molecule has 0 aliphatic rings. The Bertz CT molecular complexity index is 688. The molecule has 0 fully saturated rings. The quantitative estimate of drug-likeness (QED) is 0.888. The van der Waals surface area contributed by atoms with Gasteiger partial charge in [0.05, 0.1) is 11.4 Å². The Morgan fingerprint density at radius 3 is 2.71 bits per heavy atom. The molecule has 0 unspecified atom stereocenters. The van der Waals surface area contributed by atoms with E-state index in [0.717, 1.165) is 28.3 Å². The second kappa shape index (κ2) is 6.09. The molecule has 2 N–H and O–H groups in total. The first kappa shape index (κ1) is 15.2. The first-order valence-electron chi connectivity index (χ1n) is 6.50. The van der Waals surface area contributed by atoms with Gasteiger partial charge in [0, 0.05) is 19.2 Å². The lowest BCUT2D eigenvalue weighted by Crippen LogP contribution is -2.14. The largest absolute Gasteiger partial charge is 0.477 e. The molecule has 0 spiro atoms. The lowest BCUT2D eigenvalue weighted by Gasteiger charge is -2.05. The van der Waals surface area contributed by atoms with Crippen molar-refractivity contribution in [3.63, 3.8) is 0 Å². The second-order valence-corrected chi connectivity index (χ2v) is 5.71. The number of hydrogen-bond acceptors (Lipinski definition) is 4. The first-order valence-corrected chi connectivity index (χ1v) is 7.37. The number of aromatic carboxylic acids is 1. The summed E-state index contributed by atoms with van der Waals surface area (Å²) in [6.07, 6.45) is 0.881. The lowest BCUT2D eigenvalue weighted by atomic mass is 10.1. The maximum Gasteiger partial charge on any atom is 0.348 e. The smallest absolute Gasteiger partial charge is 0.348 e. The average Bonchev–Trinajstić information content (AvgIpc) is 2.94. The van der Waals surface area contributed by atoms with Crippen LogP contribution >= 0.6 is 11.3 Å². The van der Waals surface area contributed by atoms with Gasteiger partial charge in [-0.3, -0.25) is 9.48 Å². The van der Waals surface area contributed by atoms with Gasteiger partial charge in [-0.1, -0.05) is 0 Å². The van der Waals surface area contributed by atoms with Gasteiger partial charge in [-0.05, 0) is 37.3 Å². The summed E-state index contributed by atoms with van der Waals surface area (Å²) in [6, 6.07) is 1.60. The zero-order chi connectivity index (χ0) is 15.6. The van der Waals surface area contributed by atoms with Crippen LogP contribution < -0.4 is 5.32 Å². The molecule has 21 heavy (non-hydrogen) atoms. The number of nitrogens with one attached hydrogen (secondary N) is 1. The number of carbonyl (C=O) groups excluding carboxylic acids is 1. The van der Waals surface area contributed by atoms with E-state index in [1.54, 1.807) is 16.1 Å². The van der Waals surface area contributed by atoms with E-state index < -0.39 is 5.97 Å². The number of aromatic nitrogens is 2. The van der Waals surface area contributed by atoms with Crippen molar-refractivity contribution in [1.29, 1.82) is 0 Å². The third-order valence-corrected chi connectivity index (χ3v) is 4.30. The number of anilines is 1. The zero-order valence-electron chi connectivity index (χ0n) is 12.1. The van der Waals surface area contributed by atoms with E-state index in [2.05, 4.69) is 10.4 Å². The van der Waals surface area contributed by atoms with E-state index in [4.69, 9.17) is 5.11 Å². The minimum atomic E-state index is -1.03. The number of hydrogen-bond donors (Lipinski definition) is 2. The lowest BCUT2D eigenvalue weighted by molar-refractivity contribution is -0.116. The summed E-state index contributed by atoms with van der Waals surface area (Å²) in [4.78, 5) is 23.1. The molecule has 0 saturated carbocycles. The van der Waals surface area contributed by atoms with Gasteiger partial charge in [0.1, 0.15) is 4.88 Å². The van der Waals surface area contributed by atoms with Crippen LogP contribution in [0.1, 0.15) is 33.0 Å². The molecule has 2 aromatic heterocycles. The van der Waals surface area contributed by atoms with Crippen LogP contribution in [-0.4, -0.2) is 26.8 Å². The van der Waals surface area contributed by atoms with Crippen LogP contribution in [0.4, 0.5) is 5.69 Å². The van der Waals surface area contributed by atoms with E-state index in [9.17, 15) is 9.59 Å². The van der Waals surface area contributed by atoms with Gasteiger partial charge in [-0.15, -0.1) is 11.3 Å². The Balaban J connectivity index is 1.99. The Hall–Kier alpha value is -2.15. The monoisotopic (exact) mass is 307 g/mol. The van der Waals surface area contributed by atoms with E-state index >= 15 is 0 Å². The molecule has 0 aromatic carbocycles. The molecule has 0 saturated heterocycles. The van der Waals surface area contributed by atoms with Crippen LogP contribution in [0.15, 0.2) is 11.4 Å². The third kappa shape index (κ3) is 3.30. The van der Waals surface area contributed by atoms with Crippen molar-refractivity contribution in [2.45, 2.75) is 26.7 Å². The molecule has 2 aromatic rings. The van der Waals surface area contributed by atoms with E-state index in [-0.39, 0.29) is 10.8 Å². The Labute approximate surface area is 126 Å². The number of aryl methyl sites for hydroxylation is 2. The molecule has 2 heterocycles. The van der Waals surface area contributed by atoms with Gasteiger partial charge in [-0.25, -0.2) is 4.79 Å². The van der Waals surface area contributed by atoms with Crippen molar-refractivity contribution >= 4 is 28.9 Å². The van der Waals surface area contributed by atoms with Crippen LogP contribution in [0.3, 0.4) is 0 Å². The van der Waals surface area contributed by atoms with Crippen molar-refractivity contribution in [3.8, 4) is 0 Å². The van der Waals surface area contributed by atoms with Gasteiger partial charge in [-0.2, -0.15) is 5.10 Å². The molecule has 7 heteroatoms. The number of rotatable bonds is 5. The van der Waals surface area contributed by atoms with Crippen molar-refractivity contribution in [2.24, 2.45) is 7.05 Å². The summed E-state index contributed by atoms with van der Waals surface area (Å²) in [5, 5.41) is 17.6. The molecule has 0 bridgehead atoms. The zero-order valence-corrected chi connectivity index (χ0v) is 13.0. The van der Waals surface area contributed by atoms with Gasteiger partial charge in [0.25, 0.3) is 0 Å². The van der Waals surface area contributed by atoms with E-state index in [1.165, 1.54) is 0 Å². The third-order valence-electron chi connectivity index (χ3n) is 3.39. The number of carbonyl (C=O) groups is 2. The maximum absolute atomic E-state index is 12.0. The topological polar surface area (TPSA) is 84.2 Å². The fraction of sp³-hybridized carbons (Fsp3) is 0.357. The van der Waals surface area contributed by atoms with Gasteiger partial charge >= 0.3 is 5.97 Å². The normalized spacial score (nSPS) is 10.6. The summed E-state index contributed by atoms with van der Waals surface area (Å²) in [5.41, 5.74) is 3.39. The molecule has 2 rings (SSSR count). The molecule has 0 aliphatic carbocycles. The molecular weight excluding hydrogens is 290 g/mol. The van der Waals surface area contributed by atoms with Gasteiger partial charge in [0.2, 0.25) is 5.91 Å². The number of thiophene rings is 1. The van der Waals surface area contributed by atoms with Crippen molar-refractivity contribution in [1.82, 2.24) is 9.78 Å². The Morgan fingerprint density at radius 1 is 1.43 bits per heavy atom. The van der Waals surface area contributed by atoms with Crippen molar-refractivity contribution in [3.05, 3.63) is 33.3 Å². The van der Waals surface area contributed by atoms with E-state index in [1.807, 2.05) is 20.9 Å². The summed E-state index contributed by atoms with van der Waals surface area (Å²) in [7, 11) is 1.87. The van der Waals surface area contributed by atoms with Crippen molar-refractivity contribution < 1.29 is 14.7 Å². The molecule has 6 nitrogen and oxygen atoms in total. The van der Waals surface area contributed by atoms with Crippen LogP contribution in [-0.2, 0) is 18.3 Å². The molecule has 0 atom stereocenters. The summed E-state index contributed by atoms with van der Waals surface area (Å²) >= 11 is 1.09. The van der Waals surface area contributed by atoms with Crippen LogP contribution in [0.25, 0.3) is 0 Å². The number of carboxylic acid groups (broad SMARTS) is 1. The number of carboxylic acids is 1. The standard InChI is InChI=1S/C14H17N3O3S/c1-8-10(9(2)17(3)16-8)4-5-12(18)15-11-6-7-21-13(11)14(19)20/h6-7H,4-5H2,1-3H3,(H,15,18)(H,19,20). The predicted octanol–water partition coefficient (Wildman–Crippen LogP) is 2.37. The molecule has 112 valence electrons. The highest BCUT2D eigenvalue weighted by molar-refractivity contribution is 7.12. The first-order chi connectivity index (χ1) is 9.90. The molecular formula is C14H17N3O3S. The van der Waals surface area contributed by atoms with E-state index in [0.29, 0.717) is 18.5 Å². The fourth-order valence-corrected chi connectivity index (χ4v) is 2.89. The highest BCUT2D eigenvalue weighted by Crippen LogP contribution is 2.22. The second-order valence-electron chi connectivity index (χ2n) is 4.79. The average molecular weight is 307 g/mol. The highest BCUT2D eigenvalue weighted by Gasteiger charge is 2.15. The number of nitrogens with zero attached hydrogens (tertiary/aromatic N) is 2. The Morgan fingerprint density at radius 2 is 2.14 bits per heavy atom. The minimum absolute atomic E-state index is 0.150. The summed E-state index contributed by atoms with van der Waals surface area (Å²) in [6.45, 7) is 3.89. The van der Waals surface area contributed by atoms with Crippen LogP contribution in [0.5, 0.6) is 0 Å². The highest BCUT2D eigenvalue weighted by atomic mass is 32.1.